The van der Waals surface area contributed by atoms with Crippen LogP contribution >= 0.6 is 0 Å². The van der Waals surface area contributed by atoms with Gasteiger partial charge in [0.2, 0.25) is 0 Å². The smallest absolute Gasteiger partial charge is 0.408 e. The molecule has 0 saturated carbocycles. The Kier molecular flexibility index (Phi) is 8.28. The zero-order valence-corrected chi connectivity index (χ0v) is 14.8. The number of carbonyl (C=O) groups is 2. The minimum Gasteiger partial charge on any atom is -0.461 e. The Morgan fingerprint density at radius 2 is 1.52 bits per heavy atom. The monoisotopic (exact) mass is 373 g/mol. The number of aliphatic hydroxyl groups is 2. The lowest BCUT2D eigenvalue weighted by molar-refractivity contribution is -0.149. The summed E-state index contributed by atoms with van der Waals surface area (Å²) in [6, 6.07) is 17.3. The molecule has 27 heavy (non-hydrogen) atoms. The number of rotatable bonds is 9. The fraction of sp³-hybridized carbons (Fsp3) is 0.300. The van der Waals surface area contributed by atoms with E-state index >= 15 is 0 Å². The summed E-state index contributed by atoms with van der Waals surface area (Å²) in [6.45, 7) is -0.812. The SMILES string of the molecule is O=C(N[C@H](Cc1ccccc1)C(=O)OCC(O)CO)OCc1ccccc1. The lowest BCUT2D eigenvalue weighted by atomic mass is 10.1. The van der Waals surface area contributed by atoms with E-state index in [0.717, 1.165) is 11.1 Å². The van der Waals surface area contributed by atoms with E-state index in [-0.39, 0.29) is 19.6 Å². The second kappa shape index (κ2) is 10.9. The van der Waals surface area contributed by atoms with E-state index in [1.54, 1.807) is 0 Å². The summed E-state index contributed by atoms with van der Waals surface area (Å²) >= 11 is 0. The Labute approximate surface area is 157 Å². The molecule has 0 saturated heterocycles. The average Bonchev–Trinajstić information content (AvgIpc) is 2.71. The minimum absolute atomic E-state index is 0.0724. The van der Waals surface area contributed by atoms with Crippen LogP contribution in [0.5, 0.6) is 0 Å². The van der Waals surface area contributed by atoms with Crippen LogP contribution in [0.2, 0.25) is 0 Å². The molecule has 0 fully saturated rings. The maximum atomic E-state index is 12.3. The van der Waals surface area contributed by atoms with Gasteiger partial charge in [0.05, 0.1) is 6.61 Å². The number of nitrogens with one attached hydrogen (secondary N) is 1. The molecule has 1 amide bonds. The number of hydrogen-bond acceptors (Lipinski definition) is 6. The molecule has 7 nitrogen and oxygen atoms in total. The van der Waals surface area contributed by atoms with E-state index in [9.17, 15) is 14.7 Å². The Hall–Kier alpha value is -2.90. The number of alkyl carbamates (subject to hydrolysis) is 1. The van der Waals surface area contributed by atoms with E-state index in [4.69, 9.17) is 14.6 Å². The molecule has 2 rings (SSSR count). The van der Waals surface area contributed by atoms with E-state index in [2.05, 4.69) is 5.32 Å². The van der Waals surface area contributed by atoms with Crippen molar-refractivity contribution >= 4 is 12.1 Å². The fourth-order valence-corrected chi connectivity index (χ4v) is 2.28. The van der Waals surface area contributed by atoms with Crippen LogP contribution in [-0.4, -0.2) is 47.6 Å². The molecule has 1 unspecified atom stereocenters. The molecule has 0 aromatic heterocycles. The van der Waals surface area contributed by atoms with Gasteiger partial charge in [0.25, 0.3) is 0 Å². The van der Waals surface area contributed by atoms with Crippen LogP contribution in [0.4, 0.5) is 4.79 Å². The zero-order chi connectivity index (χ0) is 19.5. The number of amides is 1. The van der Waals surface area contributed by atoms with Crippen molar-refractivity contribution in [2.45, 2.75) is 25.2 Å². The van der Waals surface area contributed by atoms with Gasteiger partial charge in [-0.3, -0.25) is 0 Å². The van der Waals surface area contributed by atoms with Gasteiger partial charge in [-0.15, -0.1) is 0 Å². The number of ether oxygens (including phenoxy) is 2. The second-order valence-corrected chi connectivity index (χ2v) is 5.91. The molecule has 3 N–H and O–H groups in total. The van der Waals surface area contributed by atoms with Crippen LogP contribution in [0.1, 0.15) is 11.1 Å². The average molecular weight is 373 g/mol. The van der Waals surface area contributed by atoms with Gasteiger partial charge in [-0.25, -0.2) is 9.59 Å². The molecule has 2 atom stereocenters. The van der Waals surface area contributed by atoms with Crippen LogP contribution in [0.25, 0.3) is 0 Å². The summed E-state index contributed by atoms with van der Waals surface area (Å²) in [6.07, 6.45) is -1.72. The lowest BCUT2D eigenvalue weighted by Gasteiger charge is -2.18. The molecule has 0 aliphatic carbocycles. The first-order chi connectivity index (χ1) is 13.1. The van der Waals surface area contributed by atoms with Gasteiger partial charge in [-0.05, 0) is 11.1 Å². The fourth-order valence-electron chi connectivity index (χ4n) is 2.28. The standard InChI is InChI=1S/C20H23NO6/c22-12-17(23)14-26-19(24)18(11-15-7-3-1-4-8-15)21-20(25)27-13-16-9-5-2-6-10-16/h1-10,17-18,22-23H,11-14H2,(H,21,25)/t17?,18-/m1/s1. The van der Waals surface area contributed by atoms with Crippen molar-refractivity contribution < 1.29 is 29.3 Å². The summed E-state index contributed by atoms with van der Waals surface area (Å²) in [5.74, 6) is -0.719. The third-order valence-corrected chi connectivity index (χ3v) is 3.70. The van der Waals surface area contributed by atoms with Crippen LogP contribution < -0.4 is 5.32 Å². The first kappa shape index (κ1) is 20.4. The van der Waals surface area contributed by atoms with Crippen LogP contribution in [0, 0.1) is 0 Å². The van der Waals surface area contributed by atoms with Gasteiger partial charge in [0, 0.05) is 6.42 Å². The number of aliphatic hydroxyl groups excluding tert-OH is 2. The second-order valence-electron chi connectivity index (χ2n) is 5.91. The third-order valence-electron chi connectivity index (χ3n) is 3.70. The Morgan fingerprint density at radius 1 is 0.926 bits per heavy atom. The largest absolute Gasteiger partial charge is 0.461 e. The number of benzene rings is 2. The molecule has 0 radical (unpaired) electrons. The van der Waals surface area contributed by atoms with Crippen LogP contribution in [0.3, 0.4) is 0 Å². The molecular weight excluding hydrogens is 350 g/mol. The zero-order valence-electron chi connectivity index (χ0n) is 14.8. The van der Waals surface area contributed by atoms with Gasteiger partial charge in [-0.2, -0.15) is 0 Å². The molecular formula is C20H23NO6. The van der Waals surface area contributed by atoms with Crippen molar-refractivity contribution in [1.29, 1.82) is 0 Å². The number of carbonyl (C=O) groups excluding carboxylic acids is 2. The van der Waals surface area contributed by atoms with E-state index < -0.39 is 30.8 Å². The first-order valence-electron chi connectivity index (χ1n) is 8.55. The maximum absolute atomic E-state index is 12.3. The Balaban J connectivity index is 1.95. The third kappa shape index (κ3) is 7.47. The van der Waals surface area contributed by atoms with Gasteiger partial charge < -0.3 is 25.0 Å². The molecule has 144 valence electrons. The summed E-state index contributed by atoms with van der Waals surface area (Å²) in [5.41, 5.74) is 1.64. The highest BCUT2D eigenvalue weighted by atomic mass is 16.6. The highest BCUT2D eigenvalue weighted by Crippen LogP contribution is 2.07. The summed E-state index contributed by atoms with van der Waals surface area (Å²) in [5, 5.41) is 20.6. The first-order valence-corrected chi connectivity index (χ1v) is 8.55. The maximum Gasteiger partial charge on any atom is 0.408 e. The molecule has 0 aliphatic rings. The predicted octanol–water partition coefficient (Wildman–Crippen LogP) is 1.42. The lowest BCUT2D eigenvalue weighted by Crippen LogP contribution is -2.44. The molecule has 7 heteroatoms. The van der Waals surface area contributed by atoms with Crippen molar-refractivity contribution in [2.24, 2.45) is 0 Å². The number of hydrogen-bond donors (Lipinski definition) is 3. The van der Waals surface area contributed by atoms with Crippen molar-refractivity contribution in [3.05, 3.63) is 71.8 Å². The van der Waals surface area contributed by atoms with Crippen molar-refractivity contribution in [1.82, 2.24) is 5.32 Å². The highest BCUT2D eigenvalue weighted by Gasteiger charge is 2.24. The molecule has 0 heterocycles. The van der Waals surface area contributed by atoms with E-state index in [1.807, 2.05) is 60.7 Å². The summed E-state index contributed by atoms with van der Waals surface area (Å²) in [4.78, 5) is 24.4. The minimum atomic E-state index is -1.17. The van der Waals surface area contributed by atoms with Crippen LogP contribution in [0.15, 0.2) is 60.7 Å². The van der Waals surface area contributed by atoms with Gasteiger partial charge in [0.15, 0.2) is 0 Å². The molecule has 2 aromatic carbocycles. The highest BCUT2D eigenvalue weighted by molar-refractivity contribution is 5.81. The van der Waals surface area contributed by atoms with Gasteiger partial charge in [0.1, 0.15) is 25.4 Å². The van der Waals surface area contributed by atoms with Crippen LogP contribution in [-0.2, 0) is 27.3 Å². The summed E-state index contributed by atoms with van der Waals surface area (Å²) in [7, 11) is 0. The van der Waals surface area contributed by atoms with Gasteiger partial charge in [-0.1, -0.05) is 60.7 Å². The predicted molar refractivity (Wildman–Crippen MR) is 97.7 cm³/mol. The van der Waals surface area contributed by atoms with Crippen molar-refractivity contribution in [3.63, 3.8) is 0 Å². The Bertz CT molecular complexity index is 707. The van der Waals surface area contributed by atoms with E-state index in [1.165, 1.54) is 0 Å². The normalized spacial score (nSPS) is 12.7. The van der Waals surface area contributed by atoms with Gasteiger partial charge >= 0.3 is 12.1 Å². The Morgan fingerprint density at radius 3 is 2.11 bits per heavy atom. The molecule has 0 aliphatic heterocycles. The van der Waals surface area contributed by atoms with E-state index in [0.29, 0.717) is 0 Å². The number of esters is 1. The van der Waals surface area contributed by atoms with Crippen molar-refractivity contribution in [3.8, 4) is 0 Å². The molecule has 2 aromatic rings. The molecule has 0 spiro atoms. The molecule has 0 bridgehead atoms. The topological polar surface area (TPSA) is 105 Å². The van der Waals surface area contributed by atoms with Crippen molar-refractivity contribution in [2.75, 3.05) is 13.2 Å². The summed E-state index contributed by atoms with van der Waals surface area (Å²) < 4.78 is 10.1. The quantitative estimate of drug-likeness (QED) is 0.574.